The first-order chi connectivity index (χ1) is 9.72. The highest BCUT2D eigenvalue weighted by Crippen LogP contribution is 2.24. The van der Waals surface area contributed by atoms with E-state index in [1.807, 2.05) is 6.92 Å². The Morgan fingerprint density at radius 1 is 1.25 bits per heavy atom. The van der Waals surface area contributed by atoms with Gasteiger partial charge in [-0.15, -0.1) is 0 Å². The molecule has 20 heavy (non-hydrogen) atoms. The summed E-state index contributed by atoms with van der Waals surface area (Å²) < 4.78 is 5.55. The summed E-state index contributed by atoms with van der Waals surface area (Å²) in [4.78, 5) is 2.55. The second-order valence-electron chi connectivity index (χ2n) is 5.62. The molecule has 0 saturated carbocycles. The van der Waals surface area contributed by atoms with E-state index in [4.69, 9.17) is 4.74 Å². The van der Waals surface area contributed by atoms with E-state index in [1.54, 1.807) is 0 Å². The number of anilines is 1. The molecule has 0 amide bonds. The second kappa shape index (κ2) is 7.53. The average Bonchev–Trinajstić information content (AvgIpc) is 2.67. The molecule has 1 saturated heterocycles. The number of nitrogens with zero attached hydrogens (tertiary/aromatic N) is 1. The van der Waals surface area contributed by atoms with Crippen LogP contribution in [-0.2, 0) is 0 Å². The molecule has 0 aromatic heterocycles. The van der Waals surface area contributed by atoms with Gasteiger partial charge in [0.1, 0.15) is 5.75 Å². The molecule has 1 aromatic rings. The van der Waals surface area contributed by atoms with Crippen LogP contribution in [0.15, 0.2) is 18.2 Å². The lowest BCUT2D eigenvalue weighted by Gasteiger charge is -2.20. The maximum atomic E-state index is 5.55. The topological polar surface area (TPSA) is 24.5 Å². The number of rotatable bonds is 5. The Morgan fingerprint density at radius 3 is 2.80 bits per heavy atom. The van der Waals surface area contributed by atoms with Crippen LogP contribution in [0.5, 0.6) is 5.75 Å². The van der Waals surface area contributed by atoms with Crippen LogP contribution in [0.1, 0.15) is 38.7 Å². The maximum Gasteiger partial charge on any atom is 0.119 e. The van der Waals surface area contributed by atoms with Crippen LogP contribution in [0.2, 0.25) is 0 Å². The fourth-order valence-corrected chi connectivity index (χ4v) is 2.89. The summed E-state index contributed by atoms with van der Waals surface area (Å²) in [6.45, 7) is 10.8. The highest BCUT2D eigenvalue weighted by molar-refractivity contribution is 5.54. The highest BCUT2D eigenvalue weighted by atomic mass is 16.5. The van der Waals surface area contributed by atoms with E-state index in [1.165, 1.54) is 50.1 Å². The van der Waals surface area contributed by atoms with Crippen molar-refractivity contribution in [3.8, 4) is 5.75 Å². The number of benzene rings is 1. The fraction of sp³-hybridized carbons (Fsp3) is 0.647. The Bertz CT molecular complexity index is 419. The van der Waals surface area contributed by atoms with Gasteiger partial charge in [-0.25, -0.2) is 0 Å². The Kier molecular flexibility index (Phi) is 5.72. The van der Waals surface area contributed by atoms with Gasteiger partial charge in [0.15, 0.2) is 0 Å². The molecule has 0 spiro atoms. The molecule has 1 aliphatic heterocycles. The first-order valence-corrected chi connectivity index (χ1v) is 7.95. The number of nitrogens with one attached hydrogen (secondary N) is 1. The molecular weight excluding hydrogens is 248 g/mol. The Balaban J connectivity index is 1.95. The first-order valence-electron chi connectivity index (χ1n) is 7.95. The van der Waals surface area contributed by atoms with Gasteiger partial charge in [-0.05, 0) is 70.0 Å². The highest BCUT2D eigenvalue weighted by Gasteiger charge is 2.16. The molecule has 1 unspecified atom stereocenters. The third-order valence-electron chi connectivity index (χ3n) is 4.14. The Morgan fingerprint density at radius 2 is 2.10 bits per heavy atom. The molecule has 2 rings (SSSR count). The lowest BCUT2D eigenvalue weighted by molar-refractivity contribution is 0.300. The van der Waals surface area contributed by atoms with Crippen LogP contribution >= 0.6 is 0 Å². The van der Waals surface area contributed by atoms with Crippen molar-refractivity contribution >= 4 is 5.69 Å². The van der Waals surface area contributed by atoms with Crippen LogP contribution < -0.4 is 10.1 Å². The molecule has 0 radical (unpaired) electrons. The van der Waals surface area contributed by atoms with Crippen LogP contribution in [0.3, 0.4) is 0 Å². The quantitative estimate of drug-likeness (QED) is 0.888. The van der Waals surface area contributed by atoms with Gasteiger partial charge in [0.05, 0.1) is 6.61 Å². The van der Waals surface area contributed by atoms with Gasteiger partial charge < -0.3 is 15.0 Å². The van der Waals surface area contributed by atoms with Gasteiger partial charge >= 0.3 is 0 Å². The Hall–Kier alpha value is -1.22. The molecule has 1 aliphatic rings. The SMILES string of the molecule is CCOc1ccc(NC2CCCN(CC)CC2)c(C)c1. The van der Waals surface area contributed by atoms with Crippen LogP contribution in [-0.4, -0.2) is 37.2 Å². The van der Waals surface area contributed by atoms with Gasteiger partial charge in [-0.2, -0.15) is 0 Å². The summed E-state index contributed by atoms with van der Waals surface area (Å²) in [5.41, 5.74) is 2.52. The van der Waals surface area contributed by atoms with Crippen LogP contribution in [0.4, 0.5) is 5.69 Å². The first kappa shape index (κ1) is 15.2. The molecule has 3 heteroatoms. The van der Waals surface area contributed by atoms with Crippen molar-refractivity contribution in [3.05, 3.63) is 23.8 Å². The fourth-order valence-electron chi connectivity index (χ4n) is 2.89. The van der Waals surface area contributed by atoms with Crippen molar-refractivity contribution in [3.63, 3.8) is 0 Å². The minimum absolute atomic E-state index is 0.600. The third-order valence-corrected chi connectivity index (χ3v) is 4.14. The number of hydrogen-bond acceptors (Lipinski definition) is 3. The lowest BCUT2D eigenvalue weighted by Crippen LogP contribution is -2.26. The van der Waals surface area contributed by atoms with E-state index in [9.17, 15) is 0 Å². The summed E-state index contributed by atoms with van der Waals surface area (Å²) in [5, 5.41) is 3.72. The van der Waals surface area contributed by atoms with Crippen molar-refractivity contribution in [2.75, 3.05) is 31.6 Å². The van der Waals surface area contributed by atoms with E-state index < -0.39 is 0 Å². The van der Waals surface area contributed by atoms with Crippen molar-refractivity contribution in [2.45, 2.75) is 46.1 Å². The van der Waals surface area contributed by atoms with Gasteiger partial charge in [0, 0.05) is 18.3 Å². The van der Waals surface area contributed by atoms with Crippen LogP contribution in [0.25, 0.3) is 0 Å². The van der Waals surface area contributed by atoms with E-state index in [-0.39, 0.29) is 0 Å². The summed E-state index contributed by atoms with van der Waals surface area (Å²) in [6, 6.07) is 6.94. The smallest absolute Gasteiger partial charge is 0.119 e. The molecular formula is C17H28N2O. The molecule has 1 aromatic carbocycles. The predicted molar refractivity (Wildman–Crippen MR) is 85.7 cm³/mol. The van der Waals surface area contributed by atoms with Gasteiger partial charge in [0.25, 0.3) is 0 Å². The zero-order valence-electron chi connectivity index (χ0n) is 13.1. The summed E-state index contributed by atoms with van der Waals surface area (Å²) >= 11 is 0. The van der Waals surface area contributed by atoms with Crippen molar-refractivity contribution in [1.82, 2.24) is 4.90 Å². The molecule has 1 atom stereocenters. The monoisotopic (exact) mass is 276 g/mol. The number of ether oxygens (including phenoxy) is 1. The molecule has 1 heterocycles. The normalized spacial score (nSPS) is 20.4. The molecule has 3 nitrogen and oxygen atoms in total. The van der Waals surface area contributed by atoms with Gasteiger partial charge in [0.2, 0.25) is 0 Å². The number of likely N-dealkylation sites (tertiary alicyclic amines) is 1. The zero-order chi connectivity index (χ0) is 14.4. The standard InChI is InChI=1S/C17H28N2O/c1-4-19-11-6-7-15(10-12-19)18-17-9-8-16(20-5-2)13-14(17)3/h8-9,13,15,18H,4-7,10-12H2,1-3H3. The van der Waals surface area contributed by atoms with Crippen molar-refractivity contribution < 1.29 is 4.74 Å². The van der Waals surface area contributed by atoms with Crippen molar-refractivity contribution in [2.24, 2.45) is 0 Å². The number of hydrogen-bond donors (Lipinski definition) is 1. The van der Waals surface area contributed by atoms with Gasteiger partial charge in [-0.1, -0.05) is 6.92 Å². The van der Waals surface area contributed by atoms with E-state index in [0.717, 1.165) is 12.4 Å². The largest absolute Gasteiger partial charge is 0.494 e. The summed E-state index contributed by atoms with van der Waals surface area (Å²) in [5.74, 6) is 0.966. The summed E-state index contributed by atoms with van der Waals surface area (Å²) in [7, 11) is 0. The molecule has 0 bridgehead atoms. The summed E-state index contributed by atoms with van der Waals surface area (Å²) in [6.07, 6.45) is 3.80. The second-order valence-corrected chi connectivity index (χ2v) is 5.62. The zero-order valence-corrected chi connectivity index (χ0v) is 13.1. The van der Waals surface area contributed by atoms with E-state index in [0.29, 0.717) is 6.04 Å². The molecule has 112 valence electrons. The maximum absolute atomic E-state index is 5.55. The number of aryl methyl sites for hydroxylation is 1. The van der Waals surface area contributed by atoms with Crippen molar-refractivity contribution in [1.29, 1.82) is 0 Å². The minimum Gasteiger partial charge on any atom is -0.494 e. The minimum atomic E-state index is 0.600. The molecule has 0 aliphatic carbocycles. The van der Waals surface area contributed by atoms with E-state index in [2.05, 4.69) is 42.3 Å². The third kappa shape index (κ3) is 4.14. The lowest BCUT2D eigenvalue weighted by atomic mass is 10.1. The predicted octanol–water partition coefficient (Wildman–Crippen LogP) is 3.68. The average molecular weight is 276 g/mol. The van der Waals surface area contributed by atoms with Crippen LogP contribution in [0, 0.1) is 6.92 Å². The van der Waals surface area contributed by atoms with E-state index >= 15 is 0 Å². The Labute approximate surface area is 123 Å². The molecule has 1 N–H and O–H groups in total. The molecule has 1 fully saturated rings. The van der Waals surface area contributed by atoms with Gasteiger partial charge in [-0.3, -0.25) is 0 Å².